The van der Waals surface area contributed by atoms with Crippen molar-refractivity contribution in [3.8, 4) is 33.4 Å². The zero-order valence-corrected chi connectivity index (χ0v) is 32.2. The van der Waals surface area contributed by atoms with Gasteiger partial charge in [-0.3, -0.25) is 0 Å². The number of anilines is 2. The molecule has 0 aliphatic heterocycles. The van der Waals surface area contributed by atoms with Crippen molar-refractivity contribution in [1.82, 2.24) is 0 Å². The summed E-state index contributed by atoms with van der Waals surface area (Å²) in [4.78, 5) is 2.50. The van der Waals surface area contributed by atoms with Crippen LogP contribution < -0.4 is 4.90 Å². The van der Waals surface area contributed by atoms with E-state index in [0.29, 0.717) is 6.54 Å². The van der Waals surface area contributed by atoms with Gasteiger partial charge in [0, 0.05) is 58.3 Å². The van der Waals surface area contributed by atoms with Gasteiger partial charge in [0.2, 0.25) is 0 Å². The van der Waals surface area contributed by atoms with Crippen LogP contribution in [0.15, 0.2) is 200 Å². The van der Waals surface area contributed by atoms with Gasteiger partial charge in [-0.05, 0) is 98.2 Å². The quantitative estimate of drug-likeness (QED) is 0.157. The molecule has 0 saturated heterocycles. The average Bonchev–Trinajstić information content (AvgIpc) is 3.84. The molecule has 2 aromatic heterocycles. The standard InChI is InChI=1S/C53H35NS2/c1-2-13-36-30-39(27-26-35(36)12-1)37-15-9-17-42(31-37)54(43-18-10-16-38(32-43)40-28-29-47-45-20-5-7-24-50(45)55-52(47)33-40)34-41-14-3-4-19-44(41)48-22-11-23-49-46-21-6-8-25-51(46)56-53(48)49/h1-33H,34H2. The fourth-order valence-corrected chi connectivity index (χ4v) is 10.7. The maximum atomic E-state index is 2.50. The number of hydrogen-bond acceptors (Lipinski definition) is 3. The van der Waals surface area contributed by atoms with E-state index in [0.717, 1.165) is 11.4 Å². The van der Waals surface area contributed by atoms with Crippen molar-refractivity contribution >= 4 is 85.2 Å². The van der Waals surface area contributed by atoms with Gasteiger partial charge in [0.1, 0.15) is 0 Å². The van der Waals surface area contributed by atoms with Gasteiger partial charge >= 0.3 is 0 Å². The number of hydrogen-bond donors (Lipinski definition) is 0. The van der Waals surface area contributed by atoms with Crippen LogP contribution in [0.4, 0.5) is 11.4 Å². The second-order valence-electron chi connectivity index (χ2n) is 14.5. The molecule has 11 aromatic rings. The Kier molecular flexibility index (Phi) is 8.01. The van der Waals surface area contributed by atoms with Crippen LogP contribution in [0.3, 0.4) is 0 Å². The van der Waals surface area contributed by atoms with E-state index >= 15 is 0 Å². The zero-order valence-electron chi connectivity index (χ0n) is 30.5. The minimum atomic E-state index is 0.706. The first-order chi connectivity index (χ1) is 27.7. The Morgan fingerprint density at radius 2 is 0.893 bits per heavy atom. The molecule has 11 rings (SSSR count). The molecule has 0 atom stereocenters. The fourth-order valence-electron chi connectivity index (χ4n) is 8.36. The summed E-state index contributed by atoms with van der Waals surface area (Å²) in [6, 6.07) is 73.8. The zero-order chi connectivity index (χ0) is 37.0. The Bertz CT molecular complexity index is 3260. The highest BCUT2D eigenvalue weighted by molar-refractivity contribution is 7.26. The lowest BCUT2D eigenvalue weighted by atomic mass is 9.96. The van der Waals surface area contributed by atoms with E-state index in [1.165, 1.54) is 90.1 Å². The minimum Gasteiger partial charge on any atom is -0.337 e. The van der Waals surface area contributed by atoms with E-state index in [4.69, 9.17) is 0 Å². The smallest absolute Gasteiger partial charge is 0.0487 e. The van der Waals surface area contributed by atoms with Gasteiger partial charge in [-0.2, -0.15) is 0 Å². The van der Waals surface area contributed by atoms with Gasteiger partial charge in [-0.15, -0.1) is 22.7 Å². The molecule has 2 heterocycles. The Morgan fingerprint density at radius 1 is 0.339 bits per heavy atom. The maximum absolute atomic E-state index is 2.50. The minimum absolute atomic E-state index is 0.706. The summed E-state index contributed by atoms with van der Waals surface area (Å²) in [5.74, 6) is 0. The van der Waals surface area contributed by atoms with Crippen molar-refractivity contribution < 1.29 is 0 Å². The number of benzene rings is 9. The molecule has 264 valence electrons. The molecule has 0 bridgehead atoms. The summed E-state index contributed by atoms with van der Waals surface area (Å²) in [5, 5.41) is 7.80. The molecule has 1 nitrogen and oxygen atoms in total. The lowest BCUT2D eigenvalue weighted by Gasteiger charge is -2.27. The molecule has 0 unspecified atom stereocenters. The molecule has 56 heavy (non-hydrogen) atoms. The lowest BCUT2D eigenvalue weighted by molar-refractivity contribution is 0.978. The molecule has 0 aliphatic carbocycles. The number of thiophene rings is 2. The van der Waals surface area contributed by atoms with Gasteiger partial charge in [0.15, 0.2) is 0 Å². The third-order valence-electron chi connectivity index (χ3n) is 11.2. The molecular weight excluding hydrogens is 715 g/mol. The van der Waals surface area contributed by atoms with Crippen LogP contribution >= 0.6 is 22.7 Å². The maximum Gasteiger partial charge on any atom is 0.0487 e. The Balaban J connectivity index is 1.05. The van der Waals surface area contributed by atoms with Crippen LogP contribution in [0.5, 0.6) is 0 Å². The van der Waals surface area contributed by atoms with E-state index in [1.807, 2.05) is 22.7 Å². The number of nitrogens with zero attached hydrogens (tertiary/aromatic N) is 1. The first-order valence-corrected chi connectivity index (χ1v) is 20.7. The first kappa shape index (κ1) is 32.9. The molecule has 9 aromatic carbocycles. The third kappa shape index (κ3) is 5.76. The van der Waals surface area contributed by atoms with Crippen LogP contribution in [0.25, 0.3) is 84.5 Å². The van der Waals surface area contributed by atoms with E-state index in [2.05, 4.69) is 205 Å². The summed E-state index contributed by atoms with van der Waals surface area (Å²) < 4.78 is 5.31. The Labute approximate surface area is 334 Å². The van der Waals surface area contributed by atoms with Crippen molar-refractivity contribution in [1.29, 1.82) is 0 Å². The Hall–Kier alpha value is -6.52. The van der Waals surface area contributed by atoms with Crippen LogP contribution in [0.2, 0.25) is 0 Å². The molecule has 0 radical (unpaired) electrons. The number of rotatable bonds is 7. The van der Waals surface area contributed by atoms with Gasteiger partial charge in [-0.25, -0.2) is 0 Å². The molecule has 0 fully saturated rings. The first-order valence-electron chi connectivity index (χ1n) is 19.1. The summed E-state index contributed by atoms with van der Waals surface area (Å²) in [7, 11) is 0. The number of fused-ring (bicyclic) bond motifs is 7. The van der Waals surface area contributed by atoms with Crippen LogP contribution in [0, 0.1) is 0 Å². The summed E-state index contributed by atoms with van der Waals surface area (Å²) >= 11 is 3.76. The predicted molar refractivity (Wildman–Crippen MR) is 245 cm³/mol. The summed E-state index contributed by atoms with van der Waals surface area (Å²) in [6.45, 7) is 0.706. The van der Waals surface area contributed by atoms with Crippen molar-refractivity contribution in [3.63, 3.8) is 0 Å². The SMILES string of the molecule is c1cc(-c2ccc3ccccc3c2)cc(N(Cc2ccccc2-c2cccc3c2sc2ccccc23)c2cccc(-c3ccc4c(c3)sc3ccccc34)c2)c1. The molecule has 0 aliphatic rings. The third-order valence-corrected chi connectivity index (χ3v) is 13.5. The van der Waals surface area contributed by atoms with E-state index in [9.17, 15) is 0 Å². The van der Waals surface area contributed by atoms with Gasteiger partial charge in [0.25, 0.3) is 0 Å². The second-order valence-corrected chi connectivity index (χ2v) is 16.6. The van der Waals surface area contributed by atoms with Crippen LogP contribution in [-0.2, 0) is 6.54 Å². The highest BCUT2D eigenvalue weighted by Crippen LogP contribution is 2.43. The lowest BCUT2D eigenvalue weighted by Crippen LogP contribution is -2.17. The Morgan fingerprint density at radius 3 is 1.70 bits per heavy atom. The van der Waals surface area contributed by atoms with Crippen LogP contribution in [0.1, 0.15) is 5.56 Å². The van der Waals surface area contributed by atoms with E-state index in [1.54, 1.807) is 0 Å². The van der Waals surface area contributed by atoms with Crippen molar-refractivity contribution in [2.24, 2.45) is 0 Å². The highest BCUT2D eigenvalue weighted by atomic mass is 32.1. The van der Waals surface area contributed by atoms with Gasteiger partial charge in [0.05, 0.1) is 0 Å². The monoisotopic (exact) mass is 749 g/mol. The molecular formula is C53H35NS2. The molecule has 0 N–H and O–H groups in total. The molecule has 0 saturated carbocycles. The molecule has 3 heteroatoms. The van der Waals surface area contributed by atoms with Crippen molar-refractivity contribution in [2.45, 2.75) is 6.54 Å². The summed E-state index contributed by atoms with van der Waals surface area (Å²) in [5.41, 5.74) is 11.0. The topological polar surface area (TPSA) is 3.24 Å². The van der Waals surface area contributed by atoms with E-state index < -0.39 is 0 Å². The molecule has 0 amide bonds. The summed E-state index contributed by atoms with van der Waals surface area (Å²) in [6.07, 6.45) is 0. The van der Waals surface area contributed by atoms with Crippen molar-refractivity contribution in [3.05, 3.63) is 206 Å². The highest BCUT2D eigenvalue weighted by Gasteiger charge is 2.18. The largest absolute Gasteiger partial charge is 0.337 e. The predicted octanol–water partition coefficient (Wildman–Crippen LogP) is 15.9. The van der Waals surface area contributed by atoms with Gasteiger partial charge < -0.3 is 4.90 Å². The normalized spacial score (nSPS) is 11.6. The van der Waals surface area contributed by atoms with E-state index in [-0.39, 0.29) is 0 Å². The van der Waals surface area contributed by atoms with Gasteiger partial charge in [-0.1, -0.05) is 152 Å². The van der Waals surface area contributed by atoms with Crippen LogP contribution in [-0.4, -0.2) is 0 Å². The average molecular weight is 750 g/mol. The molecule has 0 spiro atoms. The second kappa shape index (κ2) is 13.6. The fraction of sp³-hybridized carbons (Fsp3) is 0.0189. The van der Waals surface area contributed by atoms with Crippen molar-refractivity contribution in [2.75, 3.05) is 4.90 Å².